The van der Waals surface area contributed by atoms with Crippen molar-refractivity contribution in [1.82, 2.24) is 0 Å². The minimum absolute atomic E-state index is 0.00945. The molecule has 6 rings (SSSR count). The van der Waals surface area contributed by atoms with Crippen LogP contribution in [0.2, 0.25) is 0 Å². The molecule has 5 heteroatoms. The first-order valence-corrected chi connectivity index (χ1v) is 9.23. The number of ether oxygens (including phenoxy) is 1. The number of ketones is 1. The van der Waals surface area contributed by atoms with E-state index in [-0.39, 0.29) is 41.5 Å². The van der Waals surface area contributed by atoms with Crippen LogP contribution < -0.4 is 0 Å². The fraction of sp³-hybridized carbons (Fsp3) is 0.789. The maximum absolute atomic E-state index is 13.3. The number of aliphatic hydroxyl groups excluding tert-OH is 2. The summed E-state index contributed by atoms with van der Waals surface area (Å²) in [5.41, 5.74) is 1.23. The zero-order valence-corrected chi connectivity index (χ0v) is 14.1. The standard InChI is InChI=1S/C19H24O5/c1-7-5-10(20)6-9-3-4-19-8(2)15(21)17(24-18(19)23)13-14(19)12(9)11(7)16(13)22/h7-10,13-15,17,20-21H,3-6H2,1-2H3/t7-,8+,9+,10-,13+,14+,15+,17+,19+/m0/s1. The second-order valence-corrected chi connectivity index (χ2v) is 8.69. The lowest BCUT2D eigenvalue weighted by atomic mass is 9.47. The van der Waals surface area contributed by atoms with Crippen LogP contribution in [0.3, 0.4) is 0 Å². The molecule has 2 heterocycles. The molecule has 0 aromatic carbocycles. The first-order chi connectivity index (χ1) is 11.4. The Morgan fingerprint density at radius 2 is 1.92 bits per heavy atom. The van der Waals surface area contributed by atoms with Crippen LogP contribution in [0, 0.1) is 35.0 Å². The van der Waals surface area contributed by atoms with Crippen LogP contribution in [0.5, 0.6) is 0 Å². The summed E-state index contributed by atoms with van der Waals surface area (Å²) in [5.74, 6) is -0.652. The molecule has 0 aromatic heterocycles. The van der Waals surface area contributed by atoms with Crippen molar-refractivity contribution in [3.63, 3.8) is 0 Å². The lowest BCUT2D eigenvalue weighted by Crippen LogP contribution is -2.69. The number of esters is 1. The molecular formula is C19H24O5. The second kappa shape index (κ2) is 4.50. The molecule has 9 atom stereocenters. The van der Waals surface area contributed by atoms with E-state index in [9.17, 15) is 19.8 Å². The van der Waals surface area contributed by atoms with Gasteiger partial charge < -0.3 is 14.9 Å². The van der Waals surface area contributed by atoms with Gasteiger partial charge in [0.05, 0.1) is 23.5 Å². The van der Waals surface area contributed by atoms with Gasteiger partial charge in [0, 0.05) is 11.8 Å². The van der Waals surface area contributed by atoms with E-state index in [1.807, 2.05) is 13.8 Å². The molecule has 24 heavy (non-hydrogen) atoms. The van der Waals surface area contributed by atoms with Gasteiger partial charge in [-0.3, -0.25) is 9.59 Å². The lowest BCUT2D eigenvalue weighted by molar-refractivity contribution is -0.243. The van der Waals surface area contributed by atoms with E-state index in [2.05, 4.69) is 0 Å². The summed E-state index contributed by atoms with van der Waals surface area (Å²) < 4.78 is 5.58. The van der Waals surface area contributed by atoms with Crippen LogP contribution >= 0.6 is 0 Å². The number of rotatable bonds is 0. The Morgan fingerprint density at radius 3 is 2.67 bits per heavy atom. The number of aliphatic hydroxyl groups is 2. The Balaban J connectivity index is 1.74. The number of hydrogen-bond donors (Lipinski definition) is 2. The molecule has 4 fully saturated rings. The van der Waals surface area contributed by atoms with Gasteiger partial charge in [0.1, 0.15) is 6.10 Å². The van der Waals surface area contributed by atoms with Crippen molar-refractivity contribution in [2.24, 2.45) is 35.0 Å². The summed E-state index contributed by atoms with van der Waals surface area (Å²) >= 11 is 0. The Kier molecular flexibility index (Phi) is 2.83. The predicted molar refractivity (Wildman–Crippen MR) is 83.6 cm³/mol. The van der Waals surface area contributed by atoms with Crippen LogP contribution in [0.15, 0.2) is 11.1 Å². The maximum Gasteiger partial charge on any atom is 0.313 e. The van der Waals surface area contributed by atoms with Crippen LogP contribution in [0.1, 0.15) is 39.5 Å². The van der Waals surface area contributed by atoms with E-state index in [0.717, 1.165) is 17.6 Å². The van der Waals surface area contributed by atoms with E-state index in [1.54, 1.807) is 0 Å². The summed E-state index contributed by atoms with van der Waals surface area (Å²) in [4.78, 5) is 26.1. The predicted octanol–water partition coefficient (Wildman–Crippen LogP) is 1.22. The van der Waals surface area contributed by atoms with Crippen molar-refractivity contribution in [3.8, 4) is 0 Å². The third-order valence-corrected chi connectivity index (χ3v) is 7.79. The summed E-state index contributed by atoms with van der Waals surface area (Å²) in [5, 5.41) is 21.0. The van der Waals surface area contributed by atoms with Gasteiger partial charge in [-0.1, -0.05) is 19.4 Å². The molecule has 2 aliphatic heterocycles. The average molecular weight is 332 g/mol. The first-order valence-electron chi connectivity index (χ1n) is 9.23. The van der Waals surface area contributed by atoms with Gasteiger partial charge in [-0.2, -0.15) is 0 Å². The quantitative estimate of drug-likeness (QED) is 0.652. The fourth-order valence-electron chi connectivity index (χ4n) is 6.80. The largest absolute Gasteiger partial charge is 0.458 e. The van der Waals surface area contributed by atoms with Gasteiger partial charge in [-0.25, -0.2) is 0 Å². The van der Waals surface area contributed by atoms with Crippen LogP contribution in [0.4, 0.5) is 0 Å². The Labute approximate surface area is 141 Å². The van der Waals surface area contributed by atoms with Crippen molar-refractivity contribution in [2.75, 3.05) is 0 Å². The van der Waals surface area contributed by atoms with Crippen molar-refractivity contribution in [2.45, 2.75) is 57.8 Å². The normalized spacial score (nSPS) is 55.3. The zero-order chi connectivity index (χ0) is 17.0. The van der Waals surface area contributed by atoms with Crippen molar-refractivity contribution in [1.29, 1.82) is 0 Å². The molecule has 1 spiro atoms. The van der Waals surface area contributed by atoms with Crippen molar-refractivity contribution < 1.29 is 24.5 Å². The molecule has 0 unspecified atom stereocenters. The molecule has 5 nitrogen and oxygen atoms in total. The van der Waals surface area contributed by atoms with E-state index >= 15 is 0 Å². The monoisotopic (exact) mass is 332 g/mol. The van der Waals surface area contributed by atoms with Crippen molar-refractivity contribution >= 4 is 11.8 Å². The topological polar surface area (TPSA) is 83.8 Å². The molecule has 2 bridgehead atoms. The molecule has 0 radical (unpaired) electrons. The Hall–Kier alpha value is -1.20. The fourth-order valence-corrected chi connectivity index (χ4v) is 6.80. The molecule has 2 saturated heterocycles. The maximum atomic E-state index is 13.3. The molecule has 4 aliphatic carbocycles. The number of allylic oxidation sites excluding steroid dienone is 2. The number of fused-ring (bicyclic) bond motifs is 2. The van der Waals surface area contributed by atoms with Crippen LogP contribution in [-0.2, 0) is 14.3 Å². The van der Waals surface area contributed by atoms with Crippen LogP contribution in [0.25, 0.3) is 0 Å². The third-order valence-electron chi connectivity index (χ3n) is 7.79. The lowest BCUT2D eigenvalue weighted by Gasteiger charge is -2.60. The van der Waals surface area contributed by atoms with E-state index in [0.29, 0.717) is 19.3 Å². The van der Waals surface area contributed by atoms with Crippen LogP contribution in [-0.4, -0.2) is 40.3 Å². The van der Waals surface area contributed by atoms with E-state index in [4.69, 9.17) is 4.74 Å². The average Bonchev–Trinajstić information content (AvgIpc) is 2.76. The van der Waals surface area contributed by atoms with E-state index < -0.39 is 23.5 Å². The first kappa shape index (κ1) is 15.1. The Bertz CT molecular complexity index is 681. The second-order valence-electron chi connectivity index (χ2n) is 8.69. The van der Waals surface area contributed by atoms with Gasteiger partial charge in [0.2, 0.25) is 0 Å². The SMILES string of the molecule is C[C@@H]1[C@@H](O)[C@@H]2OC(=O)[C@]13CC[C@@H]1C[C@@H](O)C[C@H](C)C4=C1[C@@H]3[C@@H]2C4=O. The van der Waals surface area contributed by atoms with Gasteiger partial charge in [0.25, 0.3) is 0 Å². The highest BCUT2D eigenvalue weighted by Gasteiger charge is 2.73. The summed E-state index contributed by atoms with van der Waals surface area (Å²) in [6, 6.07) is 0. The number of Topliss-reactive ketones (excluding diaryl/α,β-unsaturated/α-hetero) is 1. The third kappa shape index (κ3) is 1.46. The van der Waals surface area contributed by atoms with Gasteiger partial charge in [-0.15, -0.1) is 0 Å². The molecule has 0 amide bonds. The summed E-state index contributed by atoms with van der Waals surface area (Å²) in [7, 11) is 0. The molecular weight excluding hydrogens is 308 g/mol. The molecule has 130 valence electrons. The minimum Gasteiger partial charge on any atom is -0.458 e. The van der Waals surface area contributed by atoms with Gasteiger partial charge in [0.15, 0.2) is 5.78 Å². The number of carbonyl (C=O) groups is 2. The highest BCUT2D eigenvalue weighted by Crippen LogP contribution is 2.67. The highest BCUT2D eigenvalue weighted by atomic mass is 16.6. The molecule has 0 aromatic rings. The number of carbonyl (C=O) groups excluding carboxylic acids is 2. The zero-order valence-electron chi connectivity index (χ0n) is 14.1. The molecule has 2 saturated carbocycles. The summed E-state index contributed by atoms with van der Waals surface area (Å²) in [6.07, 6.45) is 0.886. The molecule has 2 N–H and O–H groups in total. The van der Waals surface area contributed by atoms with E-state index in [1.165, 1.54) is 0 Å². The smallest absolute Gasteiger partial charge is 0.313 e. The number of hydrogen-bond acceptors (Lipinski definition) is 5. The Morgan fingerprint density at radius 1 is 1.17 bits per heavy atom. The molecule has 6 aliphatic rings. The highest BCUT2D eigenvalue weighted by molar-refractivity contribution is 6.04. The van der Waals surface area contributed by atoms with Crippen molar-refractivity contribution in [3.05, 3.63) is 11.1 Å². The van der Waals surface area contributed by atoms with Gasteiger partial charge >= 0.3 is 5.97 Å². The van der Waals surface area contributed by atoms with Gasteiger partial charge in [-0.05, 0) is 43.1 Å². The minimum atomic E-state index is -0.756. The summed E-state index contributed by atoms with van der Waals surface area (Å²) in [6.45, 7) is 3.95.